The van der Waals surface area contributed by atoms with Crippen LogP contribution in [0.1, 0.15) is 13.8 Å². The highest BCUT2D eigenvalue weighted by molar-refractivity contribution is 6.65. The highest BCUT2D eigenvalue weighted by atomic mass is 16.5. The van der Waals surface area contributed by atoms with E-state index < -0.39 is 5.97 Å². The number of rotatable bonds is 4. The van der Waals surface area contributed by atoms with E-state index in [2.05, 4.69) is 10.1 Å². The van der Waals surface area contributed by atoms with Crippen molar-refractivity contribution in [2.75, 3.05) is 6.61 Å². The van der Waals surface area contributed by atoms with Gasteiger partial charge in [-0.3, -0.25) is 4.99 Å². The molecule has 0 aromatic heterocycles. The number of hydrogen-bond acceptors (Lipinski definition) is 5. The molecule has 5 nitrogen and oxygen atoms in total. The monoisotopic (exact) mass is 234 g/mol. The van der Waals surface area contributed by atoms with Crippen molar-refractivity contribution in [2.24, 2.45) is 10.1 Å². The molecule has 0 unspecified atom stereocenters. The predicted octanol–water partition coefficient (Wildman–Crippen LogP) is 2.17. The second-order valence-corrected chi connectivity index (χ2v) is 3.20. The van der Waals surface area contributed by atoms with Gasteiger partial charge >= 0.3 is 5.97 Å². The van der Waals surface area contributed by atoms with Crippen LogP contribution < -0.4 is 0 Å². The molecule has 0 radical (unpaired) electrons. The summed E-state index contributed by atoms with van der Waals surface area (Å²) in [7, 11) is 0. The van der Waals surface area contributed by atoms with Crippen molar-refractivity contribution in [3.8, 4) is 0 Å². The van der Waals surface area contributed by atoms with E-state index in [-0.39, 0.29) is 12.3 Å². The van der Waals surface area contributed by atoms with Crippen molar-refractivity contribution < 1.29 is 14.7 Å². The molecule has 17 heavy (non-hydrogen) atoms. The Morgan fingerprint density at radius 2 is 2.00 bits per heavy atom. The number of esters is 1. The molecule has 1 aromatic carbocycles. The SMILES string of the molecule is CCOC(=O)C(=NO)C(C)=Nc1ccccc1. The molecule has 0 aliphatic carbocycles. The van der Waals surface area contributed by atoms with Gasteiger partial charge in [0.25, 0.3) is 0 Å². The highest BCUT2D eigenvalue weighted by Crippen LogP contribution is 2.10. The number of oxime groups is 1. The Balaban J connectivity index is 2.91. The minimum atomic E-state index is -0.688. The van der Waals surface area contributed by atoms with Gasteiger partial charge in [0.15, 0.2) is 0 Å². The summed E-state index contributed by atoms with van der Waals surface area (Å²) in [5.74, 6) is -0.688. The molecule has 1 N–H and O–H groups in total. The van der Waals surface area contributed by atoms with E-state index in [1.54, 1.807) is 26.0 Å². The third-order valence-electron chi connectivity index (χ3n) is 1.96. The van der Waals surface area contributed by atoms with Crippen molar-refractivity contribution in [1.82, 2.24) is 0 Å². The first-order valence-corrected chi connectivity index (χ1v) is 5.19. The first kappa shape index (κ1) is 12.9. The first-order chi connectivity index (χ1) is 8.19. The predicted molar refractivity (Wildman–Crippen MR) is 65.1 cm³/mol. The summed E-state index contributed by atoms with van der Waals surface area (Å²) in [6.07, 6.45) is 0. The summed E-state index contributed by atoms with van der Waals surface area (Å²) in [5.41, 5.74) is 0.795. The second-order valence-electron chi connectivity index (χ2n) is 3.20. The second kappa shape index (κ2) is 6.42. The molecule has 0 aliphatic heterocycles. The van der Waals surface area contributed by atoms with E-state index in [9.17, 15) is 4.79 Å². The van der Waals surface area contributed by atoms with E-state index in [0.717, 1.165) is 0 Å². The summed E-state index contributed by atoms with van der Waals surface area (Å²) in [6.45, 7) is 3.48. The molecular weight excluding hydrogens is 220 g/mol. The Kier molecular flexibility index (Phi) is 4.87. The van der Waals surface area contributed by atoms with Gasteiger partial charge in [-0.15, -0.1) is 0 Å². The molecule has 0 heterocycles. The number of carbonyl (C=O) groups excluding carboxylic acids is 1. The number of ether oxygens (including phenoxy) is 1. The van der Waals surface area contributed by atoms with Crippen LogP contribution in [0.25, 0.3) is 0 Å². The molecule has 0 bridgehead atoms. The average molecular weight is 234 g/mol. The molecule has 0 spiro atoms. The topological polar surface area (TPSA) is 71.2 Å². The van der Waals surface area contributed by atoms with Gasteiger partial charge in [-0.2, -0.15) is 0 Å². The van der Waals surface area contributed by atoms with Gasteiger partial charge in [0, 0.05) is 0 Å². The van der Waals surface area contributed by atoms with Gasteiger partial charge in [-0.25, -0.2) is 4.79 Å². The van der Waals surface area contributed by atoms with E-state index in [1.165, 1.54) is 0 Å². The van der Waals surface area contributed by atoms with Crippen LogP contribution in [-0.4, -0.2) is 29.2 Å². The Morgan fingerprint density at radius 3 is 2.53 bits per heavy atom. The number of para-hydroxylation sites is 1. The molecule has 0 saturated carbocycles. The molecular formula is C12H14N2O3. The van der Waals surface area contributed by atoms with Crippen LogP contribution in [0, 0.1) is 0 Å². The van der Waals surface area contributed by atoms with Crippen molar-refractivity contribution in [2.45, 2.75) is 13.8 Å². The van der Waals surface area contributed by atoms with Crippen LogP contribution in [0.2, 0.25) is 0 Å². The number of carbonyl (C=O) groups is 1. The number of nitrogens with zero attached hydrogens (tertiary/aromatic N) is 2. The molecule has 1 rings (SSSR count). The molecule has 0 atom stereocenters. The third kappa shape index (κ3) is 3.71. The smallest absolute Gasteiger partial charge is 0.362 e. The van der Waals surface area contributed by atoms with E-state index in [1.807, 2.05) is 18.2 Å². The van der Waals surface area contributed by atoms with Gasteiger partial charge in [-0.1, -0.05) is 23.4 Å². The number of benzene rings is 1. The highest BCUT2D eigenvalue weighted by Gasteiger charge is 2.16. The Bertz CT molecular complexity index is 438. The molecule has 5 heteroatoms. The fourth-order valence-electron chi connectivity index (χ4n) is 1.21. The molecule has 1 aromatic rings. The average Bonchev–Trinajstić information content (AvgIpc) is 2.31. The molecule has 90 valence electrons. The van der Waals surface area contributed by atoms with Gasteiger partial charge < -0.3 is 9.94 Å². The molecule has 0 amide bonds. The lowest BCUT2D eigenvalue weighted by Gasteiger charge is -2.03. The van der Waals surface area contributed by atoms with Crippen molar-refractivity contribution in [3.63, 3.8) is 0 Å². The zero-order valence-corrected chi connectivity index (χ0v) is 9.75. The minimum absolute atomic E-state index is 0.185. The van der Waals surface area contributed by atoms with Gasteiger partial charge in [-0.05, 0) is 26.0 Å². The van der Waals surface area contributed by atoms with Crippen LogP contribution >= 0.6 is 0 Å². The fourth-order valence-corrected chi connectivity index (χ4v) is 1.21. The van der Waals surface area contributed by atoms with Crippen LogP contribution in [0.3, 0.4) is 0 Å². The Hall–Kier alpha value is -2.17. The Morgan fingerprint density at radius 1 is 1.35 bits per heavy atom. The summed E-state index contributed by atoms with van der Waals surface area (Å²) in [5, 5.41) is 11.7. The third-order valence-corrected chi connectivity index (χ3v) is 1.96. The zero-order chi connectivity index (χ0) is 12.7. The largest absolute Gasteiger partial charge is 0.461 e. The molecule has 0 saturated heterocycles. The summed E-state index contributed by atoms with van der Waals surface area (Å²) in [6, 6.07) is 9.08. The maximum absolute atomic E-state index is 11.4. The van der Waals surface area contributed by atoms with Crippen LogP contribution in [0.15, 0.2) is 40.5 Å². The van der Waals surface area contributed by atoms with Crippen molar-refractivity contribution in [3.05, 3.63) is 30.3 Å². The van der Waals surface area contributed by atoms with Gasteiger partial charge in [0.05, 0.1) is 18.0 Å². The fraction of sp³-hybridized carbons (Fsp3) is 0.250. The number of aliphatic imine (C=N–C) groups is 1. The van der Waals surface area contributed by atoms with Crippen LogP contribution in [0.5, 0.6) is 0 Å². The van der Waals surface area contributed by atoms with Crippen LogP contribution in [0.4, 0.5) is 5.69 Å². The molecule has 0 fully saturated rings. The lowest BCUT2D eigenvalue weighted by Crippen LogP contribution is -2.24. The quantitative estimate of drug-likeness (QED) is 0.375. The van der Waals surface area contributed by atoms with E-state index >= 15 is 0 Å². The standard InChI is InChI=1S/C12H14N2O3/c1-3-17-12(15)11(14-16)9(2)13-10-7-5-4-6-8-10/h4-8,16H,3H2,1-2H3. The summed E-state index contributed by atoms with van der Waals surface area (Å²) >= 11 is 0. The van der Waals surface area contributed by atoms with E-state index in [0.29, 0.717) is 11.4 Å². The van der Waals surface area contributed by atoms with Crippen molar-refractivity contribution in [1.29, 1.82) is 0 Å². The van der Waals surface area contributed by atoms with E-state index in [4.69, 9.17) is 9.94 Å². The summed E-state index contributed by atoms with van der Waals surface area (Å²) < 4.78 is 4.74. The Labute approximate surface area is 99.4 Å². The molecule has 0 aliphatic rings. The summed E-state index contributed by atoms with van der Waals surface area (Å²) in [4.78, 5) is 15.6. The zero-order valence-electron chi connectivity index (χ0n) is 9.75. The van der Waals surface area contributed by atoms with Crippen molar-refractivity contribution >= 4 is 23.1 Å². The lowest BCUT2D eigenvalue weighted by molar-refractivity contribution is -0.134. The van der Waals surface area contributed by atoms with Gasteiger partial charge in [0.2, 0.25) is 5.71 Å². The lowest BCUT2D eigenvalue weighted by atomic mass is 10.2. The number of hydrogen-bond donors (Lipinski definition) is 1. The van der Waals surface area contributed by atoms with Gasteiger partial charge in [0.1, 0.15) is 0 Å². The van der Waals surface area contributed by atoms with Crippen LogP contribution in [-0.2, 0) is 9.53 Å². The first-order valence-electron chi connectivity index (χ1n) is 5.19. The minimum Gasteiger partial charge on any atom is -0.461 e. The maximum Gasteiger partial charge on any atom is 0.362 e. The maximum atomic E-state index is 11.4. The normalized spacial score (nSPS) is 12.4.